The molecule has 7 rings (SSSR count). The molecule has 2 aliphatic rings. The SMILES string of the molecule is Nc1ncnc2c1c(-c1ccc3nc(Cc4ccc(F)c(F)c4F)[nH]c3c1)nn2C1CCC(N2CCOCC2)CC1. The molecule has 1 saturated heterocycles. The van der Waals surface area contributed by atoms with Crippen molar-refractivity contribution >= 4 is 27.9 Å². The first kappa shape index (κ1) is 25.9. The summed E-state index contributed by atoms with van der Waals surface area (Å²) >= 11 is 0. The first-order valence-electron chi connectivity index (χ1n) is 13.9. The highest BCUT2D eigenvalue weighted by Crippen LogP contribution is 2.37. The lowest BCUT2D eigenvalue weighted by atomic mass is 9.90. The number of fused-ring (bicyclic) bond motifs is 2. The summed E-state index contributed by atoms with van der Waals surface area (Å²) in [4.78, 5) is 19.1. The molecule has 0 amide bonds. The zero-order chi connectivity index (χ0) is 28.1. The monoisotopic (exact) mass is 562 g/mol. The topological polar surface area (TPSA) is 111 Å². The largest absolute Gasteiger partial charge is 0.383 e. The van der Waals surface area contributed by atoms with Crippen LogP contribution in [0.2, 0.25) is 0 Å². The fourth-order valence-corrected chi connectivity index (χ4v) is 6.24. The normalized spacial score (nSPS) is 20.3. The molecule has 12 heteroatoms. The second-order valence-corrected chi connectivity index (χ2v) is 10.8. The highest BCUT2D eigenvalue weighted by atomic mass is 19.2. The molecule has 212 valence electrons. The van der Waals surface area contributed by atoms with Gasteiger partial charge < -0.3 is 15.5 Å². The Labute approximate surface area is 233 Å². The van der Waals surface area contributed by atoms with Gasteiger partial charge in [0.25, 0.3) is 0 Å². The van der Waals surface area contributed by atoms with Gasteiger partial charge in [-0.25, -0.2) is 32.8 Å². The standard InChI is InChI=1S/C29H29F3N8O/c30-20-7-1-16(25(31)26(20)32)14-23-36-21-8-2-17(13-22(21)37-23)27-24-28(33)34-15-35-29(24)40(38-27)19-5-3-18(4-6-19)39-9-11-41-12-10-39/h1-2,7-8,13,15,18-19H,3-6,9-12,14H2,(H,36,37)(H2,33,34,35). The summed E-state index contributed by atoms with van der Waals surface area (Å²) in [6.07, 6.45) is 5.61. The first-order valence-corrected chi connectivity index (χ1v) is 13.9. The Morgan fingerprint density at radius 3 is 2.54 bits per heavy atom. The van der Waals surface area contributed by atoms with Gasteiger partial charge in [0.05, 0.1) is 35.7 Å². The van der Waals surface area contributed by atoms with E-state index in [1.54, 1.807) is 0 Å². The van der Waals surface area contributed by atoms with E-state index in [1.807, 2.05) is 22.9 Å². The van der Waals surface area contributed by atoms with Gasteiger partial charge in [0, 0.05) is 31.1 Å². The number of H-pyrrole nitrogens is 1. The lowest BCUT2D eigenvalue weighted by Gasteiger charge is -2.38. The number of aromatic amines is 1. The van der Waals surface area contributed by atoms with Crippen LogP contribution in [0, 0.1) is 17.5 Å². The minimum Gasteiger partial charge on any atom is -0.383 e. The average molecular weight is 563 g/mol. The summed E-state index contributed by atoms with van der Waals surface area (Å²) in [7, 11) is 0. The fourth-order valence-electron chi connectivity index (χ4n) is 6.24. The van der Waals surface area contributed by atoms with Crippen molar-refractivity contribution in [2.24, 2.45) is 0 Å². The third-order valence-corrected chi connectivity index (χ3v) is 8.37. The van der Waals surface area contributed by atoms with Crippen molar-refractivity contribution in [2.75, 3.05) is 32.0 Å². The predicted molar refractivity (Wildman–Crippen MR) is 148 cm³/mol. The molecule has 3 N–H and O–H groups in total. The molecule has 41 heavy (non-hydrogen) atoms. The zero-order valence-electron chi connectivity index (χ0n) is 22.3. The number of rotatable bonds is 5. The number of hydrogen-bond acceptors (Lipinski definition) is 7. The highest BCUT2D eigenvalue weighted by molar-refractivity contribution is 5.99. The second kappa shape index (κ2) is 10.4. The molecule has 0 bridgehead atoms. The van der Waals surface area contributed by atoms with Crippen molar-refractivity contribution in [3.8, 4) is 11.3 Å². The zero-order valence-corrected chi connectivity index (χ0v) is 22.3. The van der Waals surface area contributed by atoms with E-state index in [0.29, 0.717) is 45.4 Å². The van der Waals surface area contributed by atoms with Crippen LogP contribution in [0.15, 0.2) is 36.7 Å². The second-order valence-electron chi connectivity index (χ2n) is 10.8. The molecule has 0 radical (unpaired) electrons. The highest BCUT2D eigenvalue weighted by Gasteiger charge is 2.30. The van der Waals surface area contributed by atoms with Crippen LogP contribution in [0.25, 0.3) is 33.3 Å². The van der Waals surface area contributed by atoms with Gasteiger partial charge in [-0.3, -0.25) is 4.90 Å². The minimum absolute atomic E-state index is 0.0150. The van der Waals surface area contributed by atoms with E-state index < -0.39 is 17.5 Å². The van der Waals surface area contributed by atoms with E-state index in [-0.39, 0.29) is 18.0 Å². The van der Waals surface area contributed by atoms with Gasteiger partial charge in [0.1, 0.15) is 23.7 Å². The molecule has 4 heterocycles. The average Bonchev–Trinajstić information content (AvgIpc) is 3.59. The summed E-state index contributed by atoms with van der Waals surface area (Å²) in [5.41, 5.74) is 9.92. The number of nitrogen functional groups attached to an aromatic ring is 1. The molecule has 1 aliphatic heterocycles. The summed E-state index contributed by atoms with van der Waals surface area (Å²) in [5, 5.41) is 5.73. The van der Waals surface area contributed by atoms with Gasteiger partial charge in [-0.2, -0.15) is 5.10 Å². The molecule has 9 nitrogen and oxygen atoms in total. The number of aromatic nitrogens is 6. The smallest absolute Gasteiger partial charge is 0.194 e. The van der Waals surface area contributed by atoms with Gasteiger partial charge in [0.2, 0.25) is 0 Å². The fraction of sp³-hybridized carbons (Fsp3) is 0.379. The molecule has 0 spiro atoms. The van der Waals surface area contributed by atoms with Gasteiger partial charge in [-0.1, -0.05) is 12.1 Å². The Morgan fingerprint density at radius 1 is 0.951 bits per heavy atom. The Morgan fingerprint density at radius 2 is 1.73 bits per heavy atom. The lowest BCUT2D eigenvalue weighted by molar-refractivity contribution is 0.00520. The predicted octanol–water partition coefficient (Wildman–Crippen LogP) is 4.78. The van der Waals surface area contributed by atoms with E-state index in [4.69, 9.17) is 15.6 Å². The number of hydrogen-bond donors (Lipinski definition) is 2. The number of benzene rings is 2. The molecule has 0 unspecified atom stereocenters. The molecular formula is C29H29F3N8O. The molecule has 1 saturated carbocycles. The molecule has 0 atom stereocenters. The van der Waals surface area contributed by atoms with Crippen LogP contribution in [0.1, 0.15) is 43.1 Å². The van der Waals surface area contributed by atoms with Crippen LogP contribution in [0.5, 0.6) is 0 Å². The van der Waals surface area contributed by atoms with E-state index in [1.165, 1.54) is 12.4 Å². The van der Waals surface area contributed by atoms with Gasteiger partial charge in [0.15, 0.2) is 23.1 Å². The number of halogens is 3. The molecule has 3 aromatic heterocycles. The van der Waals surface area contributed by atoms with Crippen LogP contribution in [0.3, 0.4) is 0 Å². The van der Waals surface area contributed by atoms with E-state index in [9.17, 15) is 13.2 Å². The number of morpholine rings is 1. The number of ether oxygens (including phenoxy) is 1. The number of nitrogens with one attached hydrogen (secondary N) is 1. The van der Waals surface area contributed by atoms with Gasteiger partial charge in [-0.05, 0) is 49.4 Å². The molecule has 2 aromatic carbocycles. The first-order chi connectivity index (χ1) is 20.0. The minimum atomic E-state index is -1.49. The van der Waals surface area contributed by atoms with Crippen molar-refractivity contribution in [1.29, 1.82) is 0 Å². The van der Waals surface area contributed by atoms with Crippen LogP contribution in [0.4, 0.5) is 19.0 Å². The third-order valence-electron chi connectivity index (χ3n) is 8.37. The lowest BCUT2D eigenvalue weighted by Crippen LogP contribution is -2.45. The number of imidazole rings is 1. The molecular weight excluding hydrogens is 533 g/mol. The maximum Gasteiger partial charge on any atom is 0.194 e. The van der Waals surface area contributed by atoms with Crippen LogP contribution in [-0.4, -0.2) is 67.0 Å². The van der Waals surface area contributed by atoms with Crippen molar-refractivity contribution in [3.05, 3.63) is 65.5 Å². The van der Waals surface area contributed by atoms with Gasteiger partial charge >= 0.3 is 0 Å². The summed E-state index contributed by atoms with van der Waals surface area (Å²) in [5.74, 6) is -3.13. The van der Waals surface area contributed by atoms with Crippen LogP contribution < -0.4 is 5.73 Å². The molecule has 1 aliphatic carbocycles. The number of nitrogens with two attached hydrogens (primary N) is 1. The van der Waals surface area contributed by atoms with Crippen molar-refractivity contribution in [2.45, 2.75) is 44.2 Å². The van der Waals surface area contributed by atoms with E-state index in [2.05, 4.69) is 24.8 Å². The quantitative estimate of drug-likeness (QED) is 0.297. The number of nitrogens with zero attached hydrogens (tertiary/aromatic N) is 6. The summed E-state index contributed by atoms with van der Waals surface area (Å²) < 4.78 is 48.9. The van der Waals surface area contributed by atoms with E-state index in [0.717, 1.165) is 63.6 Å². The molecule has 2 fully saturated rings. The maximum absolute atomic E-state index is 14.2. The van der Waals surface area contributed by atoms with Crippen molar-refractivity contribution in [3.63, 3.8) is 0 Å². The Balaban J connectivity index is 1.19. The third kappa shape index (κ3) is 4.70. The Hall–Kier alpha value is -4.03. The molecule has 5 aromatic rings. The van der Waals surface area contributed by atoms with Crippen molar-refractivity contribution < 1.29 is 17.9 Å². The number of anilines is 1. The maximum atomic E-state index is 14.2. The Bertz CT molecular complexity index is 1740. The van der Waals surface area contributed by atoms with Crippen molar-refractivity contribution in [1.82, 2.24) is 34.6 Å². The van der Waals surface area contributed by atoms with Gasteiger partial charge in [-0.15, -0.1) is 0 Å². The summed E-state index contributed by atoms with van der Waals surface area (Å²) in [6, 6.07) is 8.55. The van der Waals surface area contributed by atoms with E-state index >= 15 is 0 Å². The van der Waals surface area contributed by atoms with Crippen LogP contribution in [-0.2, 0) is 11.2 Å². The van der Waals surface area contributed by atoms with Crippen LogP contribution >= 0.6 is 0 Å². The summed E-state index contributed by atoms with van der Waals surface area (Å²) in [6.45, 7) is 3.57. The Kier molecular flexibility index (Phi) is 6.58.